The summed E-state index contributed by atoms with van der Waals surface area (Å²) >= 11 is 0. The van der Waals surface area contributed by atoms with E-state index >= 15 is 0 Å². The third kappa shape index (κ3) is 3.54. The van der Waals surface area contributed by atoms with Crippen molar-refractivity contribution in [3.63, 3.8) is 0 Å². The largest absolute Gasteiger partial charge is 0.488 e. The third-order valence-electron chi connectivity index (χ3n) is 2.54. The zero-order chi connectivity index (χ0) is 13.1. The number of nitrogen functional groups attached to an aromatic ring is 1. The molecule has 96 valence electrons. The number of rotatable bonds is 4. The summed E-state index contributed by atoms with van der Waals surface area (Å²) in [4.78, 5) is 0. The predicted molar refractivity (Wildman–Crippen MR) is 60.9 cm³/mol. The number of halogens is 3. The molecule has 0 spiro atoms. The lowest BCUT2D eigenvalue weighted by Gasteiger charge is -2.18. The van der Waals surface area contributed by atoms with Crippen LogP contribution in [0.3, 0.4) is 0 Å². The summed E-state index contributed by atoms with van der Waals surface area (Å²) in [6.45, 7) is 3.91. The number of alkyl halides is 3. The summed E-state index contributed by atoms with van der Waals surface area (Å²) < 4.78 is 42.7. The Bertz CT molecular complexity index is 373. The molecule has 0 fully saturated rings. The van der Waals surface area contributed by atoms with Crippen molar-refractivity contribution in [1.82, 2.24) is 0 Å². The van der Waals surface area contributed by atoms with Crippen molar-refractivity contribution in [1.29, 1.82) is 0 Å². The van der Waals surface area contributed by atoms with E-state index in [2.05, 4.69) is 0 Å². The number of ether oxygens (including phenoxy) is 1. The predicted octanol–water partition coefficient (Wildman–Crippen LogP) is 3.86. The van der Waals surface area contributed by atoms with Crippen LogP contribution in [-0.4, -0.2) is 6.10 Å². The lowest BCUT2D eigenvalue weighted by molar-refractivity contribution is -0.137. The topological polar surface area (TPSA) is 35.2 Å². The number of hydrogen-bond donors (Lipinski definition) is 1. The maximum absolute atomic E-state index is 12.4. The summed E-state index contributed by atoms with van der Waals surface area (Å²) in [5.74, 6) is 0.312. The smallest absolute Gasteiger partial charge is 0.416 e. The monoisotopic (exact) mass is 247 g/mol. The van der Waals surface area contributed by atoms with Crippen LogP contribution in [0.4, 0.5) is 18.9 Å². The van der Waals surface area contributed by atoms with Crippen LogP contribution in [-0.2, 0) is 6.18 Å². The van der Waals surface area contributed by atoms with Gasteiger partial charge in [-0.15, -0.1) is 0 Å². The third-order valence-corrected chi connectivity index (χ3v) is 2.54. The zero-order valence-corrected chi connectivity index (χ0v) is 9.84. The van der Waals surface area contributed by atoms with Crippen LogP contribution < -0.4 is 10.5 Å². The summed E-state index contributed by atoms with van der Waals surface area (Å²) in [5.41, 5.74) is 4.81. The molecule has 0 aliphatic heterocycles. The van der Waals surface area contributed by atoms with Crippen molar-refractivity contribution in [2.45, 2.75) is 39.0 Å². The molecule has 1 aromatic carbocycles. The molecule has 0 unspecified atom stereocenters. The van der Waals surface area contributed by atoms with E-state index in [1.54, 1.807) is 0 Å². The minimum atomic E-state index is -4.37. The van der Waals surface area contributed by atoms with Crippen LogP contribution in [0.25, 0.3) is 0 Å². The van der Waals surface area contributed by atoms with Gasteiger partial charge in [-0.25, -0.2) is 0 Å². The highest BCUT2D eigenvalue weighted by Crippen LogP contribution is 2.34. The number of hydrogen-bond acceptors (Lipinski definition) is 2. The quantitative estimate of drug-likeness (QED) is 0.820. The van der Waals surface area contributed by atoms with Gasteiger partial charge in [0.2, 0.25) is 0 Å². The minimum absolute atomic E-state index is 0.0194. The maximum Gasteiger partial charge on any atom is 0.416 e. The fraction of sp³-hybridized carbons (Fsp3) is 0.500. The molecule has 0 atom stereocenters. The van der Waals surface area contributed by atoms with Gasteiger partial charge in [-0.05, 0) is 31.0 Å². The van der Waals surface area contributed by atoms with E-state index in [-0.39, 0.29) is 11.8 Å². The van der Waals surface area contributed by atoms with Crippen LogP contribution in [0.5, 0.6) is 5.75 Å². The Kier molecular flexibility index (Phi) is 4.26. The van der Waals surface area contributed by atoms with Crippen molar-refractivity contribution < 1.29 is 17.9 Å². The van der Waals surface area contributed by atoms with Crippen molar-refractivity contribution in [3.05, 3.63) is 23.8 Å². The minimum Gasteiger partial charge on any atom is -0.488 e. The lowest BCUT2D eigenvalue weighted by atomic mass is 10.1. The number of nitrogens with two attached hydrogens (primary N) is 1. The standard InChI is InChI=1S/C12H16F3NO/c1-3-9(4-2)17-11-6-5-8(7-10(11)16)12(13,14)15/h5-7,9H,3-4,16H2,1-2H3. The first-order valence-corrected chi connectivity index (χ1v) is 5.51. The molecule has 0 aromatic heterocycles. The van der Waals surface area contributed by atoms with E-state index in [4.69, 9.17) is 10.5 Å². The van der Waals surface area contributed by atoms with Gasteiger partial charge in [0.25, 0.3) is 0 Å². The Morgan fingerprint density at radius 3 is 2.24 bits per heavy atom. The van der Waals surface area contributed by atoms with Gasteiger partial charge >= 0.3 is 6.18 Å². The van der Waals surface area contributed by atoms with Crippen LogP contribution in [0.2, 0.25) is 0 Å². The van der Waals surface area contributed by atoms with E-state index in [1.165, 1.54) is 6.07 Å². The van der Waals surface area contributed by atoms with Gasteiger partial charge < -0.3 is 10.5 Å². The first kappa shape index (κ1) is 13.7. The summed E-state index contributed by atoms with van der Waals surface area (Å²) in [6, 6.07) is 3.16. The van der Waals surface area contributed by atoms with E-state index in [1.807, 2.05) is 13.8 Å². The maximum atomic E-state index is 12.4. The first-order chi connectivity index (χ1) is 7.88. The van der Waals surface area contributed by atoms with Gasteiger partial charge in [0.15, 0.2) is 0 Å². The van der Waals surface area contributed by atoms with Gasteiger partial charge in [0.05, 0.1) is 17.4 Å². The Hall–Kier alpha value is -1.39. The Morgan fingerprint density at radius 2 is 1.82 bits per heavy atom. The van der Waals surface area contributed by atoms with Gasteiger partial charge in [0.1, 0.15) is 5.75 Å². The molecule has 0 saturated carbocycles. The molecule has 0 aliphatic rings. The molecular weight excluding hydrogens is 231 g/mol. The van der Waals surface area contributed by atoms with Gasteiger partial charge in [0, 0.05) is 0 Å². The average Bonchev–Trinajstić information content (AvgIpc) is 2.26. The van der Waals surface area contributed by atoms with Crippen molar-refractivity contribution >= 4 is 5.69 Å². The highest BCUT2D eigenvalue weighted by Gasteiger charge is 2.31. The highest BCUT2D eigenvalue weighted by atomic mass is 19.4. The average molecular weight is 247 g/mol. The molecule has 0 radical (unpaired) electrons. The second kappa shape index (κ2) is 5.29. The zero-order valence-electron chi connectivity index (χ0n) is 9.84. The fourth-order valence-corrected chi connectivity index (χ4v) is 1.47. The Balaban J connectivity index is 2.90. The normalized spacial score (nSPS) is 11.9. The van der Waals surface area contributed by atoms with Crippen LogP contribution in [0, 0.1) is 0 Å². The van der Waals surface area contributed by atoms with Crippen molar-refractivity contribution in [2.24, 2.45) is 0 Å². The van der Waals surface area contributed by atoms with Crippen LogP contribution in [0.1, 0.15) is 32.3 Å². The molecule has 0 heterocycles. The first-order valence-electron chi connectivity index (χ1n) is 5.51. The number of anilines is 1. The lowest BCUT2D eigenvalue weighted by Crippen LogP contribution is -2.15. The SMILES string of the molecule is CCC(CC)Oc1ccc(C(F)(F)F)cc1N. The number of benzene rings is 1. The van der Waals surface area contributed by atoms with Gasteiger partial charge in [-0.3, -0.25) is 0 Å². The summed E-state index contributed by atoms with van der Waals surface area (Å²) in [6.07, 6.45) is -2.82. The van der Waals surface area contributed by atoms with Crippen molar-refractivity contribution in [3.8, 4) is 5.75 Å². The molecule has 2 N–H and O–H groups in total. The molecule has 1 rings (SSSR count). The summed E-state index contributed by atoms with van der Waals surface area (Å²) in [7, 11) is 0. The Morgan fingerprint density at radius 1 is 1.24 bits per heavy atom. The highest BCUT2D eigenvalue weighted by molar-refractivity contribution is 5.54. The molecular formula is C12H16F3NO. The van der Waals surface area contributed by atoms with Crippen LogP contribution >= 0.6 is 0 Å². The molecule has 0 saturated heterocycles. The molecule has 2 nitrogen and oxygen atoms in total. The fourth-order valence-electron chi connectivity index (χ4n) is 1.47. The second-order valence-electron chi connectivity index (χ2n) is 3.81. The molecule has 0 aliphatic carbocycles. The van der Waals surface area contributed by atoms with E-state index < -0.39 is 11.7 Å². The van der Waals surface area contributed by atoms with E-state index in [9.17, 15) is 13.2 Å². The molecule has 17 heavy (non-hydrogen) atoms. The molecule has 0 bridgehead atoms. The summed E-state index contributed by atoms with van der Waals surface area (Å²) in [5, 5.41) is 0. The molecule has 5 heteroatoms. The van der Waals surface area contributed by atoms with Crippen LogP contribution in [0.15, 0.2) is 18.2 Å². The van der Waals surface area contributed by atoms with E-state index in [0.29, 0.717) is 5.75 Å². The van der Waals surface area contributed by atoms with Gasteiger partial charge in [-0.2, -0.15) is 13.2 Å². The van der Waals surface area contributed by atoms with E-state index in [0.717, 1.165) is 25.0 Å². The Labute approximate surface area is 98.6 Å². The molecule has 1 aromatic rings. The van der Waals surface area contributed by atoms with Gasteiger partial charge in [-0.1, -0.05) is 13.8 Å². The van der Waals surface area contributed by atoms with Crippen molar-refractivity contribution in [2.75, 3.05) is 5.73 Å². The second-order valence-corrected chi connectivity index (χ2v) is 3.81. The molecule has 0 amide bonds.